The van der Waals surface area contributed by atoms with Crippen molar-refractivity contribution in [2.45, 2.75) is 44.2 Å². The van der Waals surface area contributed by atoms with Gasteiger partial charge < -0.3 is 10.8 Å². The van der Waals surface area contributed by atoms with E-state index in [1.54, 1.807) is 0 Å². The van der Waals surface area contributed by atoms with Crippen LogP contribution in [0.5, 0.6) is 0 Å². The summed E-state index contributed by atoms with van der Waals surface area (Å²) in [5, 5.41) is 9.64. The van der Waals surface area contributed by atoms with Gasteiger partial charge in [0.05, 0.1) is 6.10 Å². The zero-order valence-electron chi connectivity index (χ0n) is 6.87. The van der Waals surface area contributed by atoms with E-state index in [1.807, 2.05) is 0 Å². The number of hydrogen-bond acceptors (Lipinski definition) is 2. The van der Waals surface area contributed by atoms with Crippen LogP contribution in [0.25, 0.3) is 0 Å². The fraction of sp³-hybridized carbons (Fsp3) is 1.00. The van der Waals surface area contributed by atoms with Gasteiger partial charge in [-0.15, -0.1) is 0 Å². The fourth-order valence-electron chi connectivity index (χ4n) is 2.81. The summed E-state index contributed by atoms with van der Waals surface area (Å²) in [6, 6.07) is 0.384. The molecule has 11 heavy (non-hydrogen) atoms. The summed E-state index contributed by atoms with van der Waals surface area (Å²) in [6.45, 7) is 0. The Labute approximate surface area is 67.8 Å². The van der Waals surface area contributed by atoms with Crippen molar-refractivity contribution >= 4 is 0 Å². The molecule has 2 fully saturated rings. The molecule has 0 bridgehead atoms. The second-order valence-electron chi connectivity index (χ2n) is 4.07. The summed E-state index contributed by atoms with van der Waals surface area (Å²) in [6.07, 6.45) is 5.69. The Balaban J connectivity index is 2.07. The molecule has 0 aromatic heterocycles. The van der Waals surface area contributed by atoms with Crippen molar-refractivity contribution in [2.75, 3.05) is 0 Å². The normalized spacial score (nSPS) is 50.7. The minimum Gasteiger partial charge on any atom is -0.393 e. The summed E-state index contributed by atoms with van der Waals surface area (Å²) in [5.74, 6) is 1.18. The van der Waals surface area contributed by atoms with Crippen molar-refractivity contribution in [1.29, 1.82) is 0 Å². The number of hydrogen-bond donors (Lipinski definition) is 2. The third-order valence-electron chi connectivity index (χ3n) is 3.46. The van der Waals surface area contributed by atoms with Crippen LogP contribution >= 0.6 is 0 Å². The van der Waals surface area contributed by atoms with E-state index in [-0.39, 0.29) is 6.10 Å². The topological polar surface area (TPSA) is 46.2 Å². The molecule has 2 heteroatoms. The molecule has 2 rings (SSSR count). The van der Waals surface area contributed by atoms with Crippen LogP contribution in [-0.2, 0) is 0 Å². The fourth-order valence-corrected chi connectivity index (χ4v) is 2.81. The molecule has 0 aromatic carbocycles. The van der Waals surface area contributed by atoms with Gasteiger partial charge in [-0.1, -0.05) is 6.42 Å². The van der Waals surface area contributed by atoms with Crippen LogP contribution in [0.15, 0.2) is 0 Å². The van der Waals surface area contributed by atoms with E-state index in [0.29, 0.717) is 17.9 Å². The highest BCUT2D eigenvalue weighted by molar-refractivity contribution is 4.93. The number of nitrogens with two attached hydrogens (primary N) is 1. The zero-order valence-corrected chi connectivity index (χ0v) is 6.87. The minimum atomic E-state index is -0.0395. The molecule has 4 atom stereocenters. The largest absolute Gasteiger partial charge is 0.393 e. The molecule has 0 spiro atoms. The SMILES string of the molecule is N[C@@H]1CC[C@@H]2C(O)CCC[C@H]12. The third kappa shape index (κ3) is 1.18. The first kappa shape index (κ1) is 7.56. The quantitative estimate of drug-likeness (QED) is 0.545. The first-order valence-electron chi connectivity index (χ1n) is 4.72. The maximum absolute atomic E-state index is 9.64. The Morgan fingerprint density at radius 3 is 2.55 bits per heavy atom. The first-order chi connectivity index (χ1) is 5.29. The molecule has 2 saturated carbocycles. The lowest BCUT2D eigenvalue weighted by atomic mass is 9.78. The predicted molar refractivity (Wildman–Crippen MR) is 44.0 cm³/mol. The third-order valence-corrected chi connectivity index (χ3v) is 3.46. The van der Waals surface area contributed by atoms with Crippen molar-refractivity contribution in [3.05, 3.63) is 0 Å². The lowest BCUT2D eigenvalue weighted by Gasteiger charge is -2.31. The summed E-state index contributed by atoms with van der Waals surface area (Å²) in [5.41, 5.74) is 5.94. The molecule has 0 amide bonds. The van der Waals surface area contributed by atoms with Crippen LogP contribution in [0.1, 0.15) is 32.1 Å². The highest BCUT2D eigenvalue weighted by atomic mass is 16.3. The lowest BCUT2D eigenvalue weighted by molar-refractivity contribution is 0.0446. The van der Waals surface area contributed by atoms with E-state index in [9.17, 15) is 5.11 Å². The zero-order chi connectivity index (χ0) is 7.84. The van der Waals surface area contributed by atoms with E-state index >= 15 is 0 Å². The van der Waals surface area contributed by atoms with Crippen molar-refractivity contribution < 1.29 is 5.11 Å². The van der Waals surface area contributed by atoms with Crippen LogP contribution in [0.3, 0.4) is 0 Å². The van der Waals surface area contributed by atoms with Gasteiger partial charge in [0.15, 0.2) is 0 Å². The second kappa shape index (κ2) is 2.76. The van der Waals surface area contributed by atoms with Gasteiger partial charge >= 0.3 is 0 Å². The van der Waals surface area contributed by atoms with Gasteiger partial charge in [0, 0.05) is 6.04 Å². The van der Waals surface area contributed by atoms with Gasteiger partial charge in [-0.25, -0.2) is 0 Å². The average molecular weight is 155 g/mol. The molecule has 0 saturated heterocycles. The highest BCUT2D eigenvalue weighted by Crippen LogP contribution is 2.41. The summed E-state index contributed by atoms with van der Waals surface area (Å²) >= 11 is 0. The van der Waals surface area contributed by atoms with Gasteiger partial charge in [0.25, 0.3) is 0 Å². The van der Waals surface area contributed by atoms with Gasteiger partial charge in [0.2, 0.25) is 0 Å². The molecule has 64 valence electrons. The van der Waals surface area contributed by atoms with E-state index in [0.717, 1.165) is 19.3 Å². The number of fused-ring (bicyclic) bond motifs is 1. The van der Waals surface area contributed by atoms with Gasteiger partial charge in [-0.05, 0) is 37.5 Å². The molecule has 0 radical (unpaired) electrons. The number of aliphatic hydroxyl groups excluding tert-OH is 1. The van der Waals surface area contributed by atoms with Crippen molar-refractivity contribution in [3.8, 4) is 0 Å². The molecule has 2 aliphatic rings. The minimum absolute atomic E-state index is 0.0395. The Kier molecular flexibility index (Phi) is 1.90. The maximum atomic E-state index is 9.64. The molecular weight excluding hydrogens is 138 g/mol. The van der Waals surface area contributed by atoms with Crippen LogP contribution in [0.2, 0.25) is 0 Å². The molecule has 0 heterocycles. The Bertz CT molecular complexity index is 146. The van der Waals surface area contributed by atoms with E-state index in [4.69, 9.17) is 5.73 Å². The molecule has 0 aliphatic heterocycles. The predicted octanol–water partition coefficient (Wildman–Crippen LogP) is 0.885. The highest BCUT2D eigenvalue weighted by Gasteiger charge is 2.39. The van der Waals surface area contributed by atoms with E-state index in [2.05, 4.69) is 0 Å². The Morgan fingerprint density at radius 2 is 1.82 bits per heavy atom. The summed E-state index contributed by atoms with van der Waals surface area (Å²) < 4.78 is 0. The Hall–Kier alpha value is -0.0800. The molecule has 3 N–H and O–H groups in total. The molecule has 0 aromatic rings. The number of rotatable bonds is 0. The van der Waals surface area contributed by atoms with Gasteiger partial charge in [0.1, 0.15) is 0 Å². The maximum Gasteiger partial charge on any atom is 0.0571 e. The van der Waals surface area contributed by atoms with Gasteiger partial charge in [-0.2, -0.15) is 0 Å². The van der Waals surface area contributed by atoms with Crippen molar-refractivity contribution in [2.24, 2.45) is 17.6 Å². The van der Waals surface area contributed by atoms with Gasteiger partial charge in [-0.3, -0.25) is 0 Å². The van der Waals surface area contributed by atoms with Crippen molar-refractivity contribution in [3.63, 3.8) is 0 Å². The molecular formula is C9H17NO. The summed E-state index contributed by atoms with van der Waals surface area (Å²) in [7, 11) is 0. The van der Waals surface area contributed by atoms with Crippen LogP contribution in [0.4, 0.5) is 0 Å². The summed E-state index contributed by atoms with van der Waals surface area (Å²) in [4.78, 5) is 0. The first-order valence-corrected chi connectivity index (χ1v) is 4.72. The molecule has 2 aliphatic carbocycles. The smallest absolute Gasteiger partial charge is 0.0571 e. The van der Waals surface area contributed by atoms with E-state index < -0.39 is 0 Å². The molecule has 1 unspecified atom stereocenters. The van der Waals surface area contributed by atoms with Crippen LogP contribution in [-0.4, -0.2) is 17.3 Å². The number of aliphatic hydroxyl groups is 1. The van der Waals surface area contributed by atoms with Crippen LogP contribution < -0.4 is 5.73 Å². The standard InChI is InChI=1S/C9H17NO/c10-8-5-4-7-6(8)2-1-3-9(7)11/h6-9,11H,1-5,10H2/t6-,7-,8+,9?/m0/s1. The Morgan fingerprint density at radius 1 is 1.00 bits per heavy atom. The van der Waals surface area contributed by atoms with Crippen molar-refractivity contribution in [1.82, 2.24) is 0 Å². The lowest BCUT2D eigenvalue weighted by Crippen LogP contribution is -2.35. The van der Waals surface area contributed by atoms with Crippen LogP contribution in [0, 0.1) is 11.8 Å². The monoisotopic (exact) mass is 155 g/mol. The average Bonchev–Trinajstić information content (AvgIpc) is 2.35. The van der Waals surface area contributed by atoms with E-state index in [1.165, 1.54) is 12.8 Å². The second-order valence-corrected chi connectivity index (χ2v) is 4.07. The molecule has 2 nitrogen and oxygen atoms in total.